The zero-order valence-corrected chi connectivity index (χ0v) is 21.5. The number of hydrogen-bond donors (Lipinski definition) is 3. The van der Waals surface area contributed by atoms with Crippen molar-refractivity contribution in [3.8, 4) is 0 Å². The Morgan fingerprint density at radius 1 is 1.07 bits per heavy atom. The lowest BCUT2D eigenvalue weighted by Crippen LogP contribution is -2.76. The first-order valence-electron chi connectivity index (χ1n) is 11.8. The van der Waals surface area contributed by atoms with E-state index in [-0.39, 0.29) is 34.6 Å². The zero-order valence-electron chi connectivity index (χ0n) is 20.7. The molecular formula is C26H23F7N2O4S. The minimum atomic E-state index is -6.30. The van der Waals surface area contributed by atoms with Gasteiger partial charge in [0.1, 0.15) is 17.4 Å². The minimum Gasteiger partial charge on any atom is -0.372 e. The maximum absolute atomic E-state index is 14.3. The molecule has 0 fully saturated rings. The van der Waals surface area contributed by atoms with Crippen LogP contribution >= 0.6 is 0 Å². The van der Waals surface area contributed by atoms with Gasteiger partial charge in [0, 0.05) is 18.4 Å². The molecule has 216 valence electrons. The molecule has 40 heavy (non-hydrogen) atoms. The van der Waals surface area contributed by atoms with Gasteiger partial charge in [0.15, 0.2) is 9.84 Å². The van der Waals surface area contributed by atoms with Crippen molar-refractivity contribution in [3.05, 3.63) is 83.2 Å². The number of allylic oxidation sites excluding steroid dienone is 2. The molecule has 14 heteroatoms. The van der Waals surface area contributed by atoms with Crippen molar-refractivity contribution >= 4 is 21.3 Å². The van der Waals surface area contributed by atoms with Gasteiger partial charge in [-0.05, 0) is 47.7 Å². The number of amides is 1. The van der Waals surface area contributed by atoms with Crippen LogP contribution in [0.3, 0.4) is 0 Å². The topological polar surface area (TPSA) is 95.5 Å². The molecule has 3 N–H and O–H groups in total. The normalized spacial score (nSPS) is 21.9. The minimum absolute atomic E-state index is 0.0517. The van der Waals surface area contributed by atoms with Gasteiger partial charge in [-0.1, -0.05) is 42.5 Å². The van der Waals surface area contributed by atoms with Gasteiger partial charge in [-0.15, -0.1) is 0 Å². The summed E-state index contributed by atoms with van der Waals surface area (Å²) < 4.78 is 123. The number of halogens is 7. The third-order valence-corrected chi connectivity index (χ3v) is 8.16. The van der Waals surface area contributed by atoms with Crippen molar-refractivity contribution in [1.82, 2.24) is 10.6 Å². The molecule has 2 aromatic carbocycles. The van der Waals surface area contributed by atoms with Gasteiger partial charge in [0.05, 0.1) is 4.90 Å². The number of nitrogens with one attached hydrogen (secondary N) is 2. The fraction of sp³-hybridized carbons (Fsp3) is 0.346. The summed E-state index contributed by atoms with van der Waals surface area (Å²) in [6.45, 7) is 0.0568. The molecule has 4 rings (SSSR count). The Balaban J connectivity index is 1.79. The molecule has 1 amide bonds. The van der Waals surface area contributed by atoms with E-state index in [1.165, 1.54) is 36.4 Å². The molecule has 2 atom stereocenters. The van der Waals surface area contributed by atoms with Crippen LogP contribution in [-0.2, 0) is 21.1 Å². The van der Waals surface area contributed by atoms with E-state index in [1.807, 2.05) is 0 Å². The smallest absolute Gasteiger partial charge is 0.372 e. The van der Waals surface area contributed by atoms with Gasteiger partial charge in [0.25, 0.3) is 5.60 Å². The summed E-state index contributed by atoms with van der Waals surface area (Å²) in [5, 5.41) is 14.9. The maximum atomic E-state index is 14.3. The third kappa shape index (κ3) is 5.03. The largest absolute Gasteiger partial charge is 0.429 e. The SMILES string of the molecule is CS(=O)(=O)c1ccc2c(c1)CCNC2C(=O)NC1(C(O)(C(F)(F)F)C(F)(F)F)C=CC(c2ccccc2F)=CC1. The van der Waals surface area contributed by atoms with Crippen molar-refractivity contribution in [2.75, 3.05) is 12.8 Å². The van der Waals surface area contributed by atoms with Crippen molar-refractivity contribution in [1.29, 1.82) is 0 Å². The predicted octanol–water partition coefficient (Wildman–Crippen LogP) is 4.17. The summed E-state index contributed by atoms with van der Waals surface area (Å²) in [4.78, 5) is 13.3. The number of hydrogen-bond acceptors (Lipinski definition) is 5. The van der Waals surface area contributed by atoms with E-state index in [4.69, 9.17) is 0 Å². The Bertz CT molecular complexity index is 1490. The molecule has 0 saturated carbocycles. The molecule has 1 aliphatic heterocycles. The molecule has 6 nitrogen and oxygen atoms in total. The molecular weight excluding hydrogens is 569 g/mol. The molecule has 2 unspecified atom stereocenters. The molecule has 1 aliphatic carbocycles. The molecule has 0 aromatic heterocycles. The highest BCUT2D eigenvalue weighted by Crippen LogP contribution is 2.52. The summed E-state index contributed by atoms with van der Waals surface area (Å²) in [6.07, 6.45) is -10.6. The van der Waals surface area contributed by atoms with Gasteiger partial charge >= 0.3 is 12.4 Å². The second-order valence-electron chi connectivity index (χ2n) is 9.61. The van der Waals surface area contributed by atoms with Gasteiger partial charge in [0.2, 0.25) is 5.91 Å². The molecule has 0 spiro atoms. The lowest BCUT2D eigenvalue weighted by atomic mass is 9.72. The average Bonchev–Trinajstić information content (AvgIpc) is 2.86. The van der Waals surface area contributed by atoms with Crippen molar-refractivity contribution in [2.45, 2.75) is 47.3 Å². The van der Waals surface area contributed by atoms with Gasteiger partial charge in [-0.2, -0.15) is 26.3 Å². The fourth-order valence-corrected chi connectivity index (χ4v) is 5.62. The second kappa shape index (κ2) is 10.00. The van der Waals surface area contributed by atoms with E-state index < -0.39 is 57.5 Å². The Labute approximate surface area is 224 Å². The molecule has 0 radical (unpaired) electrons. The average molecular weight is 593 g/mol. The van der Waals surface area contributed by atoms with Crippen LogP contribution in [0.2, 0.25) is 0 Å². The van der Waals surface area contributed by atoms with Crippen molar-refractivity contribution in [2.24, 2.45) is 0 Å². The van der Waals surface area contributed by atoms with Gasteiger partial charge in [-0.25, -0.2) is 12.8 Å². The molecule has 0 saturated heterocycles. The molecule has 1 heterocycles. The monoisotopic (exact) mass is 592 g/mol. The molecule has 0 bridgehead atoms. The number of carbonyl (C=O) groups is 1. The lowest BCUT2D eigenvalue weighted by molar-refractivity contribution is -0.385. The Morgan fingerprint density at radius 3 is 2.27 bits per heavy atom. The number of fused-ring (bicyclic) bond motifs is 1. The second-order valence-corrected chi connectivity index (χ2v) is 11.6. The number of aliphatic hydroxyl groups is 1. The van der Waals surface area contributed by atoms with E-state index in [9.17, 15) is 49.1 Å². The van der Waals surface area contributed by atoms with Crippen LogP contribution < -0.4 is 10.6 Å². The summed E-state index contributed by atoms with van der Waals surface area (Å²) in [5.74, 6) is -2.11. The highest BCUT2D eigenvalue weighted by atomic mass is 32.2. The number of sulfone groups is 1. The fourth-order valence-electron chi connectivity index (χ4n) is 4.95. The molecule has 2 aliphatic rings. The van der Waals surface area contributed by atoms with Crippen LogP contribution in [-0.4, -0.2) is 55.7 Å². The van der Waals surface area contributed by atoms with E-state index in [2.05, 4.69) is 5.32 Å². The number of alkyl halides is 6. The van der Waals surface area contributed by atoms with E-state index in [1.54, 1.807) is 5.32 Å². The Morgan fingerprint density at radius 2 is 1.73 bits per heavy atom. The highest BCUT2D eigenvalue weighted by Gasteiger charge is 2.79. The highest BCUT2D eigenvalue weighted by molar-refractivity contribution is 7.90. The van der Waals surface area contributed by atoms with Crippen LogP contribution in [0.15, 0.2) is 65.6 Å². The van der Waals surface area contributed by atoms with E-state index >= 15 is 0 Å². The van der Waals surface area contributed by atoms with Gasteiger partial charge in [-0.3, -0.25) is 4.79 Å². The lowest BCUT2D eigenvalue weighted by Gasteiger charge is -2.48. The predicted molar refractivity (Wildman–Crippen MR) is 130 cm³/mol. The van der Waals surface area contributed by atoms with Crippen LogP contribution in [0.25, 0.3) is 5.57 Å². The van der Waals surface area contributed by atoms with E-state index in [0.717, 1.165) is 24.5 Å². The third-order valence-electron chi connectivity index (χ3n) is 7.05. The molecule has 2 aromatic rings. The first-order valence-corrected chi connectivity index (χ1v) is 13.7. The summed E-state index contributed by atoms with van der Waals surface area (Å²) >= 11 is 0. The summed E-state index contributed by atoms with van der Waals surface area (Å²) in [6, 6.07) is 7.32. The zero-order chi connectivity index (χ0) is 29.7. The standard InChI is InChI=1S/C26H23F7N2O4S/c1-40(38,39)17-6-7-19-16(14-17)10-13-34-21(19)22(36)35-23(24(37,25(28,29)30)26(31,32)33)11-8-15(9-12-23)18-4-2-3-5-20(18)27/h2-9,11,14,21,34,37H,10,12-13H2,1H3,(H,35,36). The van der Waals surface area contributed by atoms with Crippen LogP contribution in [0.4, 0.5) is 30.7 Å². The van der Waals surface area contributed by atoms with E-state index in [0.29, 0.717) is 11.6 Å². The van der Waals surface area contributed by atoms with Gasteiger partial charge < -0.3 is 15.7 Å². The van der Waals surface area contributed by atoms with Crippen molar-refractivity contribution < 1.29 is 49.1 Å². The number of benzene rings is 2. The number of rotatable bonds is 5. The van der Waals surface area contributed by atoms with Crippen LogP contribution in [0.5, 0.6) is 0 Å². The summed E-state index contributed by atoms with van der Waals surface area (Å²) in [7, 11) is -3.64. The van der Waals surface area contributed by atoms with Crippen LogP contribution in [0, 0.1) is 5.82 Å². The first kappa shape index (κ1) is 29.7. The Hall–Kier alpha value is -3.23. The first-order chi connectivity index (χ1) is 18.4. The maximum Gasteiger partial charge on any atom is 0.429 e. The summed E-state index contributed by atoms with van der Waals surface area (Å²) in [5.41, 5.74) is -8.56. The quantitative estimate of drug-likeness (QED) is 0.454. The van der Waals surface area contributed by atoms with Crippen molar-refractivity contribution in [3.63, 3.8) is 0 Å². The Kier molecular flexibility index (Phi) is 7.43. The van der Waals surface area contributed by atoms with Crippen LogP contribution in [0.1, 0.15) is 29.2 Å². The number of carbonyl (C=O) groups excluding carboxylic acids is 1.